The van der Waals surface area contributed by atoms with Crippen LogP contribution in [0.15, 0.2) is 12.1 Å². The largest absolute Gasteiger partial charge is 0.376 e. The van der Waals surface area contributed by atoms with Crippen LogP contribution in [0, 0.1) is 20.8 Å². The molecule has 1 aliphatic rings. The summed E-state index contributed by atoms with van der Waals surface area (Å²) in [4.78, 5) is 13.5. The number of benzene rings is 1. The summed E-state index contributed by atoms with van der Waals surface area (Å²) in [5.41, 5.74) is 9.83. The van der Waals surface area contributed by atoms with Crippen LogP contribution in [0.25, 0.3) is 0 Å². The van der Waals surface area contributed by atoms with Gasteiger partial charge in [-0.25, -0.2) is 0 Å². The third-order valence-electron chi connectivity index (χ3n) is 4.38. The molecule has 0 radical (unpaired) electrons. The Morgan fingerprint density at radius 1 is 1.15 bits per heavy atom. The number of hydrogen-bond donors (Lipinski definition) is 5. The molecule has 8 heteroatoms. The first-order valence-electron chi connectivity index (χ1n) is 9.01. The van der Waals surface area contributed by atoms with Crippen molar-refractivity contribution in [3.05, 3.63) is 28.8 Å². The maximum Gasteiger partial charge on any atom is 0.257 e. The second-order valence-electron chi connectivity index (χ2n) is 6.67. The molecule has 0 saturated carbocycles. The van der Waals surface area contributed by atoms with Gasteiger partial charge >= 0.3 is 0 Å². The molecule has 144 valence electrons. The zero-order valence-electron chi connectivity index (χ0n) is 15.8. The van der Waals surface area contributed by atoms with Gasteiger partial charge in [-0.3, -0.25) is 15.6 Å². The van der Waals surface area contributed by atoms with Crippen LogP contribution in [0.2, 0.25) is 0 Å². The number of amides is 1. The molecule has 26 heavy (non-hydrogen) atoms. The van der Waals surface area contributed by atoms with Gasteiger partial charge in [0.2, 0.25) is 0 Å². The molecule has 1 saturated heterocycles. The molecule has 7 nitrogen and oxygen atoms in total. The lowest BCUT2D eigenvalue weighted by atomic mass is 10.1. The van der Waals surface area contributed by atoms with Gasteiger partial charge in [0.05, 0.1) is 32.8 Å². The number of carbonyl (C=O) groups excluding carboxylic acids is 1. The lowest BCUT2D eigenvalue weighted by Gasteiger charge is -2.24. The molecule has 0 spiro atoms. The van der Waals surface area contributed by atoms with Crippen molar-refractivity contribution < 1.29 is 14.4 Å². The normalized spacial score (nSPS) is 14.6. The fourth-order valence-corrected chi connectivity index (χ4v) is 3.26. The zero-order chi connectivity index (χ0) is 18.9. The van der Waals surface area contributed by atoms with E-state index in [1.165, 1.54) is 10.5 Å². The van der Waals surface area contributed by atoms with Gasteiger partial charge in [-0.1, -0.05) is 17.7 Å². The monoisotopic (exact) mass is 380 g/mol. The fraction of sp³-hybridized carbons (Fsp3) is 0.556. The SMILES string of the molecule is Cc1cc(C)c(NCC(=O)NNC(=S)NCC[NH+]2CCOCC2)c(C)c1. The fourth-order valence-electron chi connectivity index (χ4n) is 3.11. The van der Waals surface area contributed by atoms with Crippen LogP contribution >= 0.6 is 12.2 Å². The lowest BCUT2D eigenvalue weighted by molar-refractivity contribution is -0.906. The molecule has 2 rings (SSSR count). The van der Waals surface area contributed by atoms with E-state index in [1.54, 1.807) is 0 Å². The van der Waals surface area contributed by atoms with Crippen molar-refractivity contribution in [1.82, 2.24) is 16.2 Å². The summed E-state index contributed by atoms with van der Waals surface area (Å²) in [5.74, 6) is -0.174. The number of anilines is 1. The van der Waals surface area contributed by atoms with E-state index in [1.807, 2.05) is 13.8 Å². The van der Waals surface area contributed by atoms with Gasteiger partial charge < -0.3 is 20.3 Å². The Balaban J connectivity index is 1.63. The summed E-state index contributed by atoms with van der Waals surface area (Å²) in [5, 5.41) is 6.72. The number of carbonyl (C=O) groups is 1. The predicted molar refractivity (Wildman–Crippen MR) is 107 cm³/mol. The number of quaternary nitrogens is 1. The Labute approximate surface area is 160 Å². The maximum atomic E-state index is 12.0. The molecule has 0 aromatic heterocycles. The highest BCUT2D eigenvalue weighted by Crippen LogP contribution is 2.21. The smallest absolute Gasteiger partial charge is 0.257 e. The second kappa shape index (κ2) is 10.3. The molecule has 5 N–H and O–H groups in total. The predicted octanol–water partition coefficient (Wildman–Crippen LogP) is -0.566. The van der Waals surface area contributed by atoms with Crippen LogP contribution in [-0.2, 0) is 9.53 Å². The van der Waals surface area contributed by atoms with Gasteiger partial charge in [0.15, 0.2) is 5.11 Å². The number of nitrogens with one attached hydrogen (secondary N) is 5. The number of thiocarbonyl (C=S) groups is 1. The minimum absolute atomic E-state index is 0.174. The summed E-state index contributed by atoms with van der Waals surface area (Å²) in [7, 11) is 0. The molecule has 1 aromatic rings. The third kappa shape index (κ3) is 6.78. The van der Waals surface area contributed by atoms with Gasteiger partial charge in [-0.05, 0) is 44.1 Å². The standard InChI is InChI=1S/C18H29N5O2S/c1-13-10-14(2)17(15(3)11-13)20-12-16(24)21-22-18(26)19-4-5-23-6-8-25-9-7-23/h10-11,20H,4-9,12H2,1-3H3,(H,21,24)(H2,19,22,26)/p+1. The van der Waals surface area contributed by atoms with Crippen molar-refractivity contribution in [2.45, 2.75) is 20.8 Å². The van der Waals surface area contributed by atoms with Crippen LogP contribution in [0.4, 0.5) is 5.69 Å². The van der Waals surface area contributed by atoms with Gasteiger partial charge in [0.25, 0.3) is 5.91 Å². The van der Waals surface area contributed by atoms with E-state index in [4.69, 9.17) is 17.0 Å². The van der Waals surface area contributed by atoms with Crippen molar-refractivity contribution in [1.29, 1.82) is 0 Å². The van der Waals surface area contributed by atoms with Crippen LogP contribution in [0.1, 0.15) is 16.7 Å². The molecule has 0 bridgehead atoms. The average molecular weight is 381 g/mol. The molecule has 0 unspecified atom stereocenters. The molecule has 0 aliphatic carbocycles. The molecular formula is C18H30N5O2S+. The Bertz CT molecular complexity index is 609. The lowest BCUT2D eigenvalue weighted by Crippen LogP contribution is -3.14. The van der Waals surface area contributed by atoms with Crippen LogP contribution < -0.4 is 26.4 Å². The van der Waals surface area contributed by atoms with Crippen molar-refractivity contribution in [3.8, 4) is 0 Å². The number of hydrogen-bond acceptors (Lipinski definition) is 4. The first kappa shape index (κ1) is 20.4. The topological polar surface area (TPSA) is 78.9 Å². The molecule has 0 atom stereocenters. The highest BCUT2D eigenvalue weighted by Gasteiger charge is 2.13. The minimum atomic E-state index is -0.174. The van der Waals surface area contributed by atoms with E-state index < -0.39 is 0 Å². The Hall–Kier alpha value is -1.90. The molecule has 1 aromatic carbocycles. The number of morpholine rings is 1. The summed E-state index contributed by atoms with van der Waals surface area (Å²) < 4.78 is 5.33. The van der Waals surface area contributed by atoms with Crippen molar-refractivity contribution in [3.63, 3.8) is 0 Å². The van der Waals surface area contributed by atoms with Crippen LogP contribution in [0.3, 0.4) is 0 Å². The maximum absolute atomic E-state index is 12.0. The van der Waals surface area contributed by atoms with E-state index in [0.717, 1.165) is 56.2 Å². The number of aryl methyl sites for hydroxylation is 3. The summed E-state index contributed by atoms with van der Waals surface area (Å²) >= 11 is 5.18. The Kier molecular flexibility index (Phi) is 8.08. The molecule has 1 heterocycles. The summed E-state index contributed by atoms with van der Waals surface area (Å²) in [6, 6.07) is 4.20. The minimum Gasteiger partial charge on any atom is -0.376 e. The molecule has 1 amide bonds. The van der Waals surface area contributed by atoms with E-state index in [2.05, 4.69) is 40.5 Å². The van der Waals surface area contributed by atoms with Crippen molar-refractivity contribution >= 4 is 28.9 Å². The number of ether oxygens (including phenoxy) is 1. The quantitative estimate of drug-likeness (QED) is 0.336. The summed E-state index contributed by atoms with van der Waals surface area (Å²) in [6.07, 6.45) is 0. The molecule has 1 fully saturated rings. The van der Waals surface area contributed by atoms with Gasteiger partial charge in [0.1, 0.15) is 13.1 Å². The number of rotatable bonds is 6. The first-order valence-corrected chi connectivity index (χ1v) is 9.42. The van der Waals surface area contributed by atoms with Crippen molar-refractivity contribution in [2.75, 3.05) is 51.3 Å². The van der Waals surface area contributed by atoms with E-state index in [-0.39, 0.29) is 12.5 Å². The van der Waals surface area contributed by atoms with Gasteiger partial charge in [-0.15, -0.1) is 0 Å². The van der Waals surface area contributed by atoms with Gasteiger partial charge in [0, 0.05) is 5.69 Å². The number of hydrazine groups is 1. The van der Waals surface area contributed by atoms with E-state index in [0.29, 0.717) is 5.11 Å². The molecule has 1 aliphatic heterocycles. The van der Waals surface area contributed by atoms with Crippen molar-refractivity contribution in [2.24, 2.45) is 0 Å². The Morgan fingerprint density at radius 2 is 1.81 bits per heavy atom. The van der Waals surface area contributed by atoms with E-state index >= 15 is 0 Å². The average Bonchev–Trinajstić information content (AvgIpc) is 2.60. The second-order valence-corrected chi connectivity index (χ2v) is 7.08. The zero-order valence-corrected chi connectivity index (χ0v) is 16.6. The van der Waals surface area contributed by atoms with E-state index in [9.17, 15) is 4.79 Å². The summed E-state index contributed by atoms with van der Waals surface area (Å²) in [6.45, 7) is 11.8. The first-order chi connectivity index (χ1) is 12.5. The third-order valence-corrected chi connectivity index (χ3v) is 4.63. The highest BCUT2D eigenvalue weighted by atomic mass is 32.1. The Morgan fingerprint density at radius 3 is 2.46 bits per heavy atom. The molecular weight excluding hydrogens is 350 g/mol. The van der Waals surface area contributed by atoms with Crippen LogP contribution in [0.5, 0.6) is 0 Å². The van der Waals surface area contributed by atoms with Gasteiger partial charge in [-0.2, -0.15) is 0 Å². The van der Waals surface area contributed by atoms with Crippen LogP contribution in [-0.4, -0.2) is 57.0 Å². The highest BCUT2D eigenvalue weighted by molar-refractivity contribution is 7.80.